The fourth-order valence-corrected chi connectivity index (χ4v) is 2.87. The van der Waals surface area contributed by atoms with E-state index in [1.54, 1.807) is 19.2 Å². The van der Waals surface area contributed by atoms with Crippen LogP contribution in [0.5, 0.6) is 5.75 Å². The van der Waals surface area contributed by atoms with E-state index in [0.29, 0.717) is 23.3 Å². The summed E-state index contributed by atoms with van der Waals surface area (Å²) in [4.78, 5) is 20.6. The highest BCUT2D eigenvalue weighted by atomic mass is 32.2. The van der Waals surface area contributed by atoms with Gasteiger partial charge in [-0.2, -0.15) is 4.98 Å². The summed E-state index contributed by atoms with van der Waals surface area (Å²) < 4.78 is 10.5. The van der Waals surface area contributed by atoms with Crippen molar-refractivity contribution in [2.24, 2.45) is 0 Å². The van der Waals surface area contributed by atoms with Crippen LogP contribution in [0.3, 0.4) is 0 Å². The van der Waals surface area contributed by atoms with Crippen molar-refractivity contribution >= 4 is 23.4 Å². The van der Waals surface area contributed by atoms with Gasteiger partial charge >= 0.3 is 0 Å². The van der Waals surface area contributed by atoms with Crippen LogP contribution in [0.1, 0.15) is 12.7 Å². The average Bonchev–Trinajstić information content (AvgIpc) is 3.09. The van der Waals surface area contributed by atoms with Crippen LogP contribution in [0, 0.1) is 6.92 Å². The minimum atomic E-state index is -0.111. The number of nitrogens with zero attached hydrogens (tertiary/aromatic N) is 3. The van der Waals surface area contributed by atoms with E-state index in [1.165, 1.54) is 11.8 Å². The molecule has 0 saturated heterocycles. The van der Waals surface area contributed by atoms with Crippen molar-refractivity contribution in [3.8, 4) is 17.2 Å². The Morgan fingerprint density at radius 1 is 1.27 bits per heavy atom. The van der Waals surface area contributed by atoms with Crippen LogP contribution < -0.4 is 10.1 Å². The molecular weight excluding hydrogens is 352 g/mol. The first-order valence-electron chi connectivity index (χ1n) is 8.06. The molecule has 1 aromatic carbocycles. The summed E-state index contributed by atoms with van der Waals surface area (Å²) in [5, 5.41) is 7.33. The van der Waals surface area contributed by atoms with Crippen molar-refractivity contribution in [3.05, 3.63) is 48.4 Å². The molecular formula is C18H18N4O3S. The maximum atomic E-state index is 12.1. The number of benzene rings is 1. The number of pyridine rings is 1. The van der Waals surface area contributed by atoms with Crippen molar-refractivity contribution in [2.45, 2.75) is 18.9 Å². The lowest BCUT2D eigenvalue weighted by Crippen LogP contribution is -2.14. The molecule has 0 aliphatic carbocycles. The van der Waals surface area contributed by atoms with Crippen LogP contribution in [-0.2, 0) is 4.79 Å². The number of nitrogens with one attached hydrogen (secondary N) is 1. The van der Waals surface area contributed by atoms with Crippen molar-refractivity contribution < 1.29 is 14.1 Å². The van der Waals surface area contributed by atoms with Crippen LogP contribution in [0.15, 0.2) is 52.1 Å². The number of aryl methyl sites for hydroxylation is 1. The number of aromatic nitrogens is 3. The van der Waals surface area contributed by atoms with E-state index in [-0.39, 0.29) is 11.7 Å². The Morgan fingerprint density at radius 3 is 2.77 bits per heavy atom. The largest absolute Gasteiger partial charge is 0.494 e. The lowest BCUT2D eigenvalue weighted by molar-refractivity contribution is -0.113. The SMILES string of the molecule is CCOc1ccc(NC(=O)CSc2cc(-c3nc(C)no3)ccn2)cc1. The van der Waals surface area contributed by atoms with E-state index in [1.807, 2.05) is 37.3 Å². The van der Waals surface area contributed by atoms with Gasteiger partial charge in [-0.05, 0) is 50.2 Å². The molecule has 2 aromatic heterocycles. The van der Waals surface area contributed by atoms with E-state index in [0.717, 1.165) is 17.0 Å². The van der Waals surface area contributed by atoms with E-state index >= 15 is 0 Å². The molecule has 0 bridgehead atoms. The standard InChI is InChI=1S/C18H18N4O3S/c1-3-24-15-6-4-14(5-7-15)21-16(23)11-26-17-10-13(8-9-19-17)18-20-12(2)22-25-18/h4-10H,3,11H2,1-2H3,(H,21,23). The lowest BCUT2D eigenvalue weighted by atomic mass is 10.3. The molecule has 2 heterocycles. The minimum absolute atomic E-state index is 0.111. The third kappa shape index (κ3) is 4.82. The fourth-order valence-electron chi connectivity index (χ4n) is 2.17. The molecule has 0 atom stereocenters. The molecule has 26 heavy (non-hydrogen) atoms. The Bertz CT molecular complexity index is 880. The quantitative estimate of drug-likeness (QED) is 0.636. The molecule has 0 saturated carbocycles. The Labute approximate surface area is 155 Å². The van der Waals surface area contributed by atoms with Gasteiger partial charge in [-0.15, -0.1) is 0 Å². The summed E-state index contributed by atoms with van der Waals surface area (Å²) >= 11 is 1.34. The number of hydrogen-bond donors (Lipinski definition) is 1. The monoisotopic (exact) mass is 370 g/mol. The zero-order chi connectivity index (χ0) is 18.4. The number of ether oxygens (including phenoxy) is 1. The molecule has 0 spiro atoms. The Balaban J connectivity index is 1.56. The first-order valence-corrected chi connectivity index (χ1v) is 9.05. The maximum Gasteiger partial charge on any atom is 0.258 e. The minimum Gasteiger partial charge on any atom is -0.494 e. The van der Waals surface area contributed by atoms with Gasteiger partial charge in [-0.3, -0.25) is 4.79 Å². The van der Waals surface area contributed by atoms with Gasteiger partial charge in [0.25, 0.3) is 5.89 Å². The van der Waals surface area contributed by atoms with Gasteiger partial charge in [0, 0.05) is 17.4 Å². The summed E-state index contributed by atoms with van der Waals surface area (Å²) in [5.74, 6) is 1.91. The van der Waals surface area contributed by atoms with Crippen molar-refractivity contribution in [1.82, 2.24) is 15.1 Å². The van der Waals surface area contributed by atoms with Gasteiger partial charge in [0.1, 0.15) is 5.75 Å². The van der Waals surface area contributed by atoms with E-state index in [2.05, 4.69) is 20.4 Å². The first-order chi connectivity index (χ1) is 12.6. The number of anilines is 1. The number of rotatable bonds is 7. The highest BCUT2D eigenvalue weighted by Crippen LogP contribution is 2.23. The summed E-state index contributed by atoms with van der Waals surface area (Å²) in [6, 6.07) is 10.9. The molecule has 0 fully saturated rings. The molecule has 8 heteroatoms. The fraction of sp³-hybridized carbons (Fsp3) is 0.222. The van der Waals surface area contributed by atoms with Crippen LogP contribution in [0.4, 0.5) is 5.69 Å². The van der Waals surface area contributed by atoms with Gasteiger partial charge in [0.15, 0.2) is 5.82 Å². The molecule has 1 amide bonds. The highest BCUT2D eigenvalue weighted by Gasteiger charge is 2.09. The van der Waals surface area contributed by atoms with Crippen LogP contribution >= 0.6 is 11.8 Å². The molecule has 0 aliphatic heterocycles. The predicted octanol–water partition coefficient (Wildman–Crippen LogP) is 3.57. The van der Waals surface area contributed by atoms with Crippen LogP contribution in [-0.4, -0.2) is 33.4 Å². The molecule has 134 valence electrons. The molecule has 3 rings (SSSR count). The smallest absolute Gasteiger partial charge is 0.258 e. The zero-order valence-corrected chi connectivity index (χ0v) is 15.2. The Kier molecular flexibility index (Phi) is 5.85. The summed E-state index contributed by atoms with van der Waals surface area (Å²) in [7, 11) is 0. The molecule has 7 nitrogen and oxygen atoms in total. The number of carbonyl (C=O) groups is 1. The Hall–Kier alpha value is -2.87. The molecule has 3 aromatic rings. The topological polar surface area (TPSA) is 90.1 Å². The third-order valence-electron chi connectivity index (χ3n) is 3.31. The zero-order valence-electron chi connectivity index (χ0n) is 14.4. The maximum absolute atomic E-state index is 12.1. The number of carbonyl (C=O) groups excluding carboxylic acids is 1. The number of hydrogen-bond acceptors (Lipinski definition) is 7. The predicted molar refractivity (Wildman–Crippen MR) is 99.2 cm³/mol. The van der Waals surface area contributed by atoms with Crippen LogP contribution in [0.25, 0.3) is 11.5 Å². The van der Waals surface area contributed by atoms with Crippen molar-refractivity contribution in [3.63, 3.8) is 0 Å². The first kappa shape index (κ1) is 17.9. The van der Waals surface area contributed by atoms with Gasteiger partial charge in [0.05, 0.1) is 17.4 Å². The normalized spacial score (nSPS) is 10.5. The lowest BCUT2D eigenvalue weighted by Gasteiger charge is -2.07. The van der Waals surface area contributed by atoms with E-state index in [9.17, 15) is 4.79 Å². The second-order valence-electron chi connectivity index (χ2n) is 5.32. The third-order valence-corrected chi connectivity index (χ3v) is 4.24. The summed E-state index contributed by atoms with van der Waals surface area (Å²) in [5.41, 5.74) is 1.50. The molecule has 0 radical (unpaired) electrons. The summed E-state index contributed by atoms with van der Waals surface area (Å²) in [6.45, 7) is 4.29. The highest BCUT2D eigenvalue weighted by molar-refractivity contribution is 7.99. The van der Waals surface area contributed by atoms with Gasteiger partial charge in [-0.1, -0.05) is 16.9 Å². The average molecular weight is 370 g/mol. The van der Waals surface area contributed by atoms with Crippen molar-refractivity contribution in [1.29, 1.82) is 0 Å². The molecule has 0 aliphatic rings. The van der Waals surface area contributed by atoms with Gasteiger partial charge < -0.3 is 14.6 Å². The number of thioether (sulfide) groups is 1. The van der Waals surface area contributed by atoms with Gasteiger partial charge in [-0.25, -0.2) is 4.98 Å². The summed E-state index contributed by atoms with van der Waals surface area (Å²) in [6.07, 6.45) is 1.65. The molecule has 0 unspecified atom stereocenters. The van der Waals surface area contributed by atoms with Crippen LogP contribution in [0.2, 0.25) is 0 Å². The van der Waals surface area contributed by atoms with E-state index in [4.69, 9.17) is 9.26 Å². The van der Waals surface area contributed by atoms with Crippen molar-refractivity contribution in [2.75, 3.05) is 17.7 Å². The van der Waals surface area contributed by atoms with Gasteiger partial charge in [0.2, 0.25) is 5.91 Å². The number of amides is 1. The molecule has 1 N–H and O–H groups in total. The second kappa shape index (κ2) is 8.48. The Morgan fingerprint density at radius 2 is 2.08 bits per heavy atom. The van der Waals surface area contributed by atoms with E-state index < -0.39 is 0 Å². The second-order valence-corrected chi connectivity index (χ2v) is 6.32.